The second kappa shape index (κ2) is 14.6. The highest BCUT2D eigenvalue weighted by atomic mass is 15.2. The lowest BCUT2D eigenvalue weighted by atomic mass is 9.69. The molecule has 0 saturated heterocycles. The highest BCUT2D eigenvalue weighted by Gasteiger charge is 2.53. The Hall–Kier alpha value is -6.90. The fourth-order valence-electron chi connectivity index (χ4n) is 12.4. The Bertz CT molecular complexity index is 3220. The van der Waals surface area contributed by atoms with Gasteiger partial charge in [0.05, 0.1) is 16.6 Å². The topological polar surface area (TPSA) is 8.17 Å². The van der Waals surface area contributed by atoms with E-state index in [0.29, 0.717) is 0 Å². The summed E-state index contributed by atoms with van der Waals surface area (Å²) in [4.78, 5) is 2.68. The highest BCUT2D eigenvalue weighted by Crippen LogP contribution is 2.65. The summed E-state index contributed by atoms with van der Waals surface area (Å²) in [5.41, 5.74) is 26.5. The van der Waals surface area contributed by atoms with Crippen molar-refractivity contribution in [2.24, 2.45) is 0 Å². The lowest BCUT2D eigenvalue weighted by Crippen LogP contribution is -2.28. The van der Waals surface area contributed by atoms with Crippen LogP contribution < -0.4 is 4.90 Å². The molecule has 1 aromatic heterocycles. The SMILES string of the molecule is C1=CCCC(n2c3c(c4ccccc42)CCC(C2=CC=C(N(C4=CC=C(c5ccccc5)CC4)c4cccc5c4-c4ccccc4C54C5=C(CCC=C5)c5ccccc54)CC2)=C3)=C1. The summed E-state index contributed by atoms with van der Waals surface area (Å²) in [5.74, 6) is 0. The van der Waals surface area contributed by atoms with Crippen molar-refractivity contribution in [2.45, 2.75) is 69.6 Å². The number of allylic oxidation sites excluding steroid dienone is 17. The number of hydrogen-bond donors (Lipinski definition) is 0. The number of aromatic nitrogens is 1. The van der Waals surface area contributed by atoms with Crippen LogP contribution in [0.5, 0.6) is 0 Å². The van der Waals surface area contributed by atoms with Crippen LogP contribution in [0.15, 0.2) is 204 Å². The molecule has 0 N–H and O–H groups in total. The minimum atomic E-state index is -0.329. The zero-order valence-corrected chi connectivity index (χ0v) is 35.8. The van der Waals surface area contributed by atoms with E-state index >= 15 is 0 Å². The van der Waals surface area contributed by atoms with Crippen molar-refractivity contribution in [2.75, 3.05) is 4.90 Å². The van der Waals surface area contributed by atoms with Crippen LogP contribution in [0.1, 0.15) is 96.9 Å². The average molecular weight is 811 g/mol. The first kappa shape index (κ1) is 36.7. The van der Waals surface area contributed by atoms with Gasteiger partial charge in [0.25, 0.3) is 0 Å². The van der Waals surface area contributed by atoms with E-state index in [4.69, 9.17) is 0 Å². The molecule has 0 radical (unpaired) electrons. The number of nitrogens with zero attached hydrogens (tertiary/aromatic N) is 2. The highest BCUT2D eigenvalue weighted by molar-refractivity contribution is 6.00. The molecule has 0 fully saturated rings. The van der Waals surface area contributed by atoms with Gasteiger partial charge in [-0.25, -0.2) is 0 Å². The summed E-state index contributed by atoms with van der Waals surface area (Å²) in [5, 5.41) is 1.41. The molecular weight excluding hydrogens is 761 g/mol. The molecule has 0 amide bonds. The van der Waals surface area contributed by atoms with Crippen LogP contribution in [0.2, 0.25) is 0 Å². The molecule has 6 aromatic rings. The van der Waals surface area contributed by atoms with Crippen LogP contribution in [0.25, 0.3) is 44.9 Å². The molecule has 63 heavy (non-hydrogen) atoms. The minimum Gasteiger partial charge on any atom is -0.317 e. The Balaban J connectivity index is 0.968. The smallest absolute Gasteiger partial charge is 0.0722 e. The molecule has 1 spiro atoms. The third-order valence-electron chi connectivity index (χ3n) is 15.2. The second-order valence-electron chi connectivity index (χ2n) is 18.3. The summed E-state index contributed by atoms with van der Waals surface area (Å²) in [6.07, 6.45) is 34.6. The van der Waals surface area contributed by atoms with Crippen LogP contribution in [-0.4, -0.2) is 4.57 Å². The van der Waals surface area contributed by atoms with E-state index in [1.54, 1.807) is 0 Å². The first-order valence-electron chi connectivity index (χ1n) is 23.3. The van der Waals surface area contributed by atoms with Gasteiger partial charge in [-0.3, -0.25) is 0 Å². The third-order valence-corrected chi connectivity index (χ3v) is 15.2. The molecule has 13 rings (SSSR count). The Labute approximate surface area is 371 Å². The van der Waals surface area contributed by atoms with Crippen molar-refractivity contribution in [1.29, 1.82) is 0 Å². The van der Waals surface area contributed by atoms with E-state index in [0.717, 1.165) is 64.2 Å². The fraction of sp³-hybridized carbons (Fsp3) is 0.180. The van der Waals surface area contributed by atoms with Gasteiger partial charge >= 0.3 is 0 Å². The molecule has 7 aliphatic rings. The Morgan fingerprint density at radius 3 is 2.00 bits per heavy atom. The van der Waals surface area contributed by atoms with E-state index in [9.17, 15) is 0 Å². The van der Waals surface area contributed by atoms with Gasteiger partial charge in [-0.2, -0.15) is 0 Å². The molecule has 1 unspecified atom stereocenters. The largest absolute Gasteiger partial charge is 0.317 e. The minimum absolute atomic E-state index is 0.329. The van der Waals surface area contributed by atoms with E-state index in [-0.39, 0.29) is 5.41 Å². The number of rotatable bonds is 6. The summed E-state index contributed by atoms with van der Waals surface area (Å²) in [6, 6.07) is 45.8. The lowest BCUT2D eigenvalue weighted by molar-refractivity contribution is 0.779. The molecule has 1 heterocycles. The molecule has 0 aliphatic heterocycles. The first-order valence-corrected chi connectivity index (χ1v) is 23.3. The Morgan fingerprint density at radius 1 is 0.508 bits per heavy atom. The molecular formula is C61H50N2. The van der Waals surface area contributed by atoms with E-state index in [1.807, 2.05) is 0 Å². The van der Waals surface area contributed by atoms with Crippen LogP contribution >= 0.6 is 0 Å². The summed E-state index contributed by atoms with van der Waals surface area (Å²) in [7, 11) is 0. The van der Waals surface area contributed by atoms with Gasteiger partial charge in [-0.1, -0.05) is 146 Å². The predicted molar refractivity (Wildman–Crippen MR) is 264 cm³/mol. The summed E-state index contributed by atoms with van der Waals surface area (Å²) >= 11 is 0. The quantitative estimate of drug-likeness (QED) is 0.163. The van der Waals surface area contributed by atoms with E-state index in [1.165, 1.54) is 112 Å². The fourth-order valence-corrected chi connectivity index (χ4v) is 12.4. The zero-order chi connectivity index (χ0) is 41.5. The van der Waals surface area contributed by atoms with Crippen molar-refractivity contribution in [3.8, 4) is 11.1 Å². The third kappa shape index (κ3) is 5.50. The van der Waals surface area contributed by atoms with Crippen LogP contribution in [-0.2, 0) is 11.8 Å². The monoisotopic (exact) mass is 810 g/mol. The van der Waals surface area contributed by atoms with Crippen LogP contribution in [0, 0.1) is 0 Å². The normalized spacial score (nSPS) is 20.5. The predicted octanol–water partition coefficient (Wildman–Crippen LogP) is 15.5. The second-order valence-corrected chi connectivity index (χ2v) is 18.3. The van der Waals surface area contributed by atoms with Crippen LogP contribution in [0.3, 0.4) is 0 Å². The molecule has 2 nitrogen and oxygen atoms in total. The van der Waals surface area contributed by atoms with Gasteiger partial charge in [0.1, 0.15) is 0 Å². The van der Waals surface area contributed by atoms with E-state index < -0.39 is 0 Å². The van der Waals surface area contributed by atoms with Crippen molar-refractivity contribution in [1.82, 2.24) is 4.57 Å². The van der Waals surface area contributed by atoms with Crippen molar-refractivity contribution in [3.63, 3.8) is 0 Å². The lowest BCUT2D eigenvalue weighted by Gasteiger charge is -2.36. The number of anilines is 1. The van der Waals surface area contributed by atoms with Crippen molar-refractivity contribution < 1.29 is 0 Å². The summed E-state index contributed by atoms with van der Waals surface area (Å²) < 4.78 is 2.57. The molecule has 0 bridgehead atoms. The van der Waals surface area contributed by atoms with Crippen LogP contribution in [0.4, 0.5) is 5.69 Å². The van der Waals surface area contributed by atoms with Gasteiger partial charge < -0.3 is 9.47 Å². The number of fused-ring (bicyclic) bond motifs is 12. The molecule has 2 heteroatoms. The number of aryl methyl sites for hydroxylation is 1. The number of benzene rings is 5. The van der Waals surface area contributed by atoms with Crippen molar-refractivity contribution >= 4 is 39.5 Å². The Kier molecular flexibility index (Phi) is 8.51. The number of para-hydroxylation sites is 1. The maximum Gasteiger partial charge on any atom is 0.0722 e. The standard InChI is InChI=1S/C61H50N2/c1-3-16-41(17-4-1)42-30-35-46(36-31-42)62(47-37-32-43(33-38-47)44-34-39-51-50-22-10-14-28-57(50)63(59(51)40-44)45-18-5-2-6-19-45)58-29-15-27-56-60(58)52-23-9-13-26-55(52)61(56)53-24-11-7-20-48(53)49-21-8-12-25-54(49)61/h1-5,7,9-18,20,22-30,32,35,37,40H,6,8,19,21,31,33-34,36,38-39H2. The first-order chi connectivity index (χ1) is 31.3. The van der Waals surface area contributed by atoms with Gasteiger partial charge in [0.2, 0.25) is 0 Å². The number of hydrogen-bond acceptors (Lipinski definition) is 1. The molecule has 304 valence electrons. The van der Waals surface area contributed by atoms with Gasteiger partial charge in [0.15, 0.2) is 0 Å². The zero-order valence-electron chi connectivity index (χ0n) is 35.8. The Morgan fingerprint density at radius 2 is 1.21 bits per heavy atom. The van der Waals surface area contributed by atoms with Gasteiger partial charge in [-0.05, 0) is 167 Å². The molecule has 1 atom stereocenters. The average Bonchev–Trinajstić information content (AvgIpc) is 3.97. The van der Waals surface area contributed by atoms with Gasteiger partial charge in [-0.15, -0.1) is 0 Å². The molecule has 7 aliphatic carbocycles. The molecule has 0 saturated carbocycles. The van der Waals surface area contributed by atoms with Crippen molar-refractivity contribution in [3.05, 3.63) is 243 Å². The van der Waals surface area contributed by atoms with E-state index in [2.05, 4.69) is 192 Å². The maximum atomic E-state index is 2.68. The van der Waals surface area contributed by atoms with Gasteiger partial charge in [0, 0.05) is 33.7 Å². The maximum absolute atomic E-state index is 2.68. The molecule has 5 aromatic carbocycles. The summed E-state index contributed by atoms with van der Waals surface area (Å²) in [6.45, 7) is 0.